The molecule has 0 radical (unpaired) electrons. The molecule has 0 heterocycles. The summed E-state index contributed by atoms with van der Waals surface area (Å²) in [6.07, 6.45) is 0.109. The minimum atomic E-state index is 0.109. The number of hydrogen-bond donors (Lipinski definition) is 1. The fourth-order valence-electron chi connectivity index (χ4n) is 1.00. The molecule has 0 fully saturated rings. The summed E-state index contributed by atoms with van der Waals surface area (Å²) >= 11 is 0. The Labute approximate surface area is 84.6 Å². The molecule has 0 bridgehead atoms. The van der Waals surface area contributed by atoms with Gasteiger partial charge in [0, 0.05) is 12.7 Å². The van der Waals surface area contributed by atoms with Crippen LogP contribution in [0.2, 0.25) is 0 Å². The number of hydrogen-bond acceptors (Lipinski definition) is 2. The van der Waals surface area contributed by atoms with Crippen LogP contribution in [0.25, 0.3) is 0 Å². The Morgan fingerprint density at radius 1 is 1.43 bits per heavy atom. The molecule has 2 N–H and O–H groups in total. The van der Waals surface area contributed by atoms with E-state index in [1.54, 1.807) is 7.11 Å². The van der Waals surface area contributed by atoms with E-state index in [9.17, 15) is 0 Å². The molecular formula is C11H16N2O. The summed E-state index contributed by atoms with van der Waals surface area (Å²) in [5.41, 5.74) is 6.75. The Bertz CT molecular complexity index is 295. The third-order valence-electron chi connectivity index (χ3n) is 1.99. The zero-order valence-electron chi connectivity index (χ0n) is 8.60. The predicted octanol–water partition coefficient (Wildman–Crippen LogP) is 1.43. The van der Waals surface area contributed by atoms with Crippen molar-refractivity contribution in [1.82, 2.24) is 0 Å². The fourth-order valence-corrected chi connectivity index (χ4v) is 1.00. The lowest BCUT2D eigenvalue weighted by Gasteiger charge is -2.06. The second kappa shape index (κ2) is 5.40. The Kier molecular flexibility index (Phi) is 4.13. The van der Waals surface area contributed by atoms with Crippen molar-refractivity contribution in [2.75, 3.05) is 13.7 Å². The van der Waals surface area contributed by atoms with Gasteiger partial charge in [-0.15, -0.1) is 0 Å². The summed E-state index contributed by atoms with van der Waals surface area (Å²) in [7, 11) is 1.67. The van der Waals surface area contributed by atoms with Gasteiger partial charge in [-0.2, -0.15) is 0 Å². The normalized spacial score (nSPS) is 14.0. The number of rotatable bonds is 4. The average Bonchev–Trinajstić information content (AvgIpc) is 2.26. The van der Waals surface area contributed by atoms with Crippen molar-refractivity contribution in [3.8, 4) is 0 Å². The minimum absolute atomic E-state index is 0.109. The Morgan fingerprint density at radius 3 is 2.64 bits per heavy atom. The second-order valence-corrected chi connectivity index (χ2v) is 3.14. The first-order valence-corrected chi connectivity index (χ1v) is 4.62. The molecule has 3 heteroatoms. The van der Waals surface area contributed by atoms with Crippen molar-refractivity contribution in [2.24, 2.45) is 10.7 Å². The third-order valence-corrected chi connectivity index (χ3v) is 1.99. The molecule has 0 aliphatic carbocycles. The van der Waals surface area contributed by atoms with Crippen LogP contribution in [0.1, 0.15) is 12.5 Å². The van der Waals surface area contributed by atoms with E-state index < -0.39 is 0 Å². The van der Waals surface area contributed by atoms with Crippen molar-refractivity contribution in [3.05, 3.63) is 35.9 Å². The molecule has 0 aromatic heterocycles. The van der Waals surface area contributed by atoms with Crippen LogP contribution in [0.3, 0.4) is 0 Å². The first kappa shape index (κ1) is 10.7. The monoisotopic (exact) mass is 192 g/mol. The number of methoxy groups -OCH3 is 1. The lowest BCUT2D eigenvalue weighted by atomic mass is 10.2. The van der Waals surface area contributed by atoms with E-state index in [2.05, 4.69) is 4.99 Å². The zero-order valence-corrected chi connectivity index (χ0v) is 8.60. The lowest BCUT2D eigenvalue weighted by Crippen LogP contribution is -2.17. The molecule has 1 rings (SSSR count). The van der Waals surface area contributed by atoms with E-state index in [1.165, 1.54) is 0 Å². The maximum atomic E-state index is 5.79. The van der Waals surface area contributed by atoms with Crippen molar-refractivity contribution >= 4 is 5.84 Å². The average molecular weight is 192 g/mol. The highest BCUT2D eigenvalue weighted by atomic mass is 16.5. The van der Waals surface area contributed by atoms with Crippen LogP contribution in [0.5, 0.6) is 0 Å². The number of benzene rings is 1. The van der Waals surface area contributed by atoms with Crippen LogP contribution in [0.15, 0.2) is 35.3 Å². The van der Waals surface area contributed by atoms with Crippen LogP contribution < -0.4 is 5.73 Å². The molecule has 0 aliphatic heterocycles. The molecule has 0 saturated heterocycles. The number of amidine groups is 1. The van der Waals surface area contributed by atoms with Crippen molar-refractivity contribution < 1.29 is 4.74 Å². The van der Waals surface area contributed by atoms with Crippen LogP contribution in [-0.2, 0) is 4.74 Å². The van der Waals surface area contributed by atoms with Gasteiger partial charge in [0.05, 0.1) is 12.6 Å². The highest BCUT2D eigenvalue weighted by Crippen LogP contribution is 1.98. The van der Waals surface area contributed by atoms with Crippen molar-refractivity contribution in [2.45, 2.75) is 13.0 Å². The molecule has 0 saturated carbocycles. The highest BCUT2D eigenvalue weighted by molar-refractivity contribution is 5.97. The summed E-state index contributed by atoms with van der Waals surface area (Å²) in [5.74, 6) is 0.564. The van der Waals surface area contributed by atoms with Gasteiger partial charge < -0.3 is 10.5 Å². The third kappa shape index (κ3) is 3.18. The number of nitrogens with zero attached hydrogens (tertiary/aromatic N) is 1. The van der Waals surface area contributed by atoms with Gasteiger partial charge in [-0.3, -0.25) is 4.99 Å². The SMILES string of the molecule is COC(C)CN=C(N)c1ccccc1. The summed E-state index contributed by atoms with van der Waals surface area (Å²) in [5, 5.41) is 0. The molecule has 1 atom stereocenters. The summed E-state index contributed by atoms with van der Waals surface area (Å²) in [4.78, 5) is 4.23. The number of nitrogens with two attached hydrogens (primary N) is 1. The quantitative estimate of drug-likeness (QED) is 0.579. The van der Waals surface area contributed by atoms with Gasteiger partial charge in [0.25, 0.3) is 0 Å². The summed E-state index contributed by atoms with van der Waals surface area (Å²) < 4.78 is 5.07. The molecular weight excluding hydrogens is 176 g/mol. The molecule has 76 valence electrons. The van der Waals surface area contributed by atoms with Crippen LogP contribution in [0.4, 0.5) is 0 Å². The Hall–Kier alpha value is -1.35. The molecule has 1 aromatic carbocycles. The molecule has 0 spiro atoms. The maximum absolute atomic E-state index is 5.79. The molecule has 1 aromatic rings. The van der Waals surface area contributed by atoms with Crippen LogP contribution in [-0.4, -0.2) is 25.6 Å². The zero-order chi connectivity index (χ0) is 10.4. The van der Waals surface area contributed by atoms with Crippen LogP contribution in [0, 0.1) is 0 Å². The largest absolute Gasteiger partial charge is 0.384 e. The molecule has 3 nitrogen and oxygen atoms in total. The number of ether oxygens (including phenoxy) is 1. The van der Waals surface area contributed by atoms with E-state index in [0.29, 0.717) is 12.4 Å². The maximum Gasteiger partial charge on any atom is 0.125 e. The van der Waals surface area contributed by atoms with E-state index in [0.717, 1.165) is 5.56 Å². The molecule has 0 amide bonds. The van der Waals surface area contributed by atoms with E-state index in [1.807, 2.05) is 37.3 Å². The number of aliphatic imine (C=N–C) groups is 1. The Morgan fingerprint density at radius 2 is 2.07 bits per heavy atom. The summed E-state index contributed by atoms with van der Waals surface area (Å²) in [6.45, 7) is 2.55. The second-order valence-electron chi connectivity index (χ2n) is 3.14. The first-order chi connectivity index (χ1) is 6.74. The lowest BCUT2D eigenvalue weighted by molar-refractivity contribution is 0.125. The smallest absolute Gasteiger partial charge is 0.125 e. The van der Waals surface area contributed by atoms with Gasteiger partial charge in [0.15, 0.2) is 0 Å². The van der Waals surface area contributed by atoms with Gasteiger partial charge in [-0.1, -0.05) is 30.3 Å². The minimum Gasteiger partial charge on any atom is -0.384 e. The van der Waals surface area contributed by atoms with Gasteiger partial charge in [-0.05, 0) is 6.92 Å². The Balaban J connectivity index is 2.61. The van der Waals surface area contributed by atoms with Crippen LogP contribution >= 0.6 is 0 Å². The van der Waals surface area contributed by atoms with Gasteiger partial charge in [0.1, 0.15) is 5.84 Å². The van der Waals surface area contributed by atoms with E-state index in [-0.39, 0.29) is 6.10 Å². The summed E-state index contributed by atoms with van der Waals surface area (Å²) in [6, 6.07) is 9.72. The van der Waals surface area contributed by atoms with Crippen molar-refractivity contribution in [1.29, 1.82) is 0 Å². The van der Waals surface area contributed by atoms with Crippen molar-refractivity contribution in [3.63, 3.8) is 0 Å². The highest BCUT2D eigenvalue weighted by Gasteiger charge is 1.99. The fraction of sp³-hybridized carbons (Fsp3) is 0.364. The first-order valence-electron chi connectivity index (χ1n) is 4.62. The predicted molar refractivity (Wildman–Crippen MR) is 58.5 cm³/mol. The standard InChI is InChI=1S/C11H16N2O/c1-9(14-2)8-13-11(12)10-6-4-3-5-7-10/h3-7,9H,8H2,1-2H3,(H2,12,13). The topological polar surface area (TPSA) is 47.6 Å². The van der Waals surface area contributed by atoms with E-state index >= 15 is 0 Å². The molecule has 0 aliphatic rings. The molecule has 1 unspecified atom stereocenters. The molecule has 14 heavy (non-hydrogen) atoms. The van der Waals surface area contributed by atoms with Gasteiger partial charge in [-0.25, -0.2) is 0 Å². The van der Waals surface area contributed by atoms with Gasteiger partial charge in [0.2, 0.25) is 0 Å². The van der Waals surface area contributed by atoms with Gasteiger partial charge >= 0.3 is 0 Å². The van der Waals surface area contributed by atoms with E-state index in [4.69, 9.17) is 10.5 Å².